The van der Waals surface area contributed by atoms with E-state index in [2.05, 4.69) is 22.8 Å². The molecule has 1 aromatic heterocycles. The van der Waals surface area contributed by atoms with E-state index in [0.29, 0.717) is 18.6 Å². The Kier molecular flexibility index (Phi) is 5.86. The second-order valence-corrected chi connectivity index (χ2v) is 6.72. The number of hydrogen-bond acceptors (Lipinski definition) is 4. The van der Waals surface area contributed by atoms with Crippen molar-refractivity contribution in [3.63, 3.8) is 0 Å². The van der Waals surface area contributed by atoms with Gasteiger partial charge in [-0.15, -0.1) is 11.3 Å². The molecular weight excluding hydrogens is 272 g/mol. The molecule has 0 unspecified atom stereocenters. The lowest BCUT2D eigenvalue weighted by molar-refractivity contribution is 0.0817. The lowest BCUT2D eigenvalue weighted by atomic mass is 10.1. The molecule has 4 nitrogen and oxygen atoms in total. The van der Waals surface area contributed by atoms with Gasteiger partial charge in [0.15, 0.2) is 0 Å². The molecule has 0 atom stereocenters. The Bertz CT molecular complexity index is 398. The van der Waals surface area contributed by atoms with Crippen LogP contribution in [-0.4, -0.2) is 36.7 Å². The lowest BCUT2D eigenvalue weighted by Crippen LogP contribution is -2.45. The summed E-state index contributed by atoms with van der Waals surface area (Å²) in [5.41, 5.74) is 0. The lowest BCUT2D eigenvalue weighted by Gasteiger charge is -2.31. The summed E-state index contributed by atoms with van der Waals surface area (Å²) in [4.78, 5) is 15.0. The van der Waals surface area contributed by atoms with Gasteiger partial charge in [-0.05, 0) is 30.2 Å². The third-order valence-electron chi connectivity index (χ3n) is 3.44. The van der Waals surface area contributed by atoms with Crippen molar-refractivity contribution < 1.29 is 9.53 Å². The summed E-state index contributed by atoms with van der Waals surface area (Å²) in [6, 6.07) is 4.73. The smallest absolute Gasteiger partial charge is 0.409 e. The van der Waals surface area contributed by atoms with Gasteiger partial charge in [-0.1, -0.05) is 19.9 Å². The van der Waals surface area contributed by atoms with E-state index in [0.717, 1.165) is 32.5 Å². The second-order valence-electron chi connectivity index (χ2n) is 5.69. The SMILES string of the molecule is CC(C)COC(=O)N1CCC(NCc2cccs2)CC1. The van der Waals surface area contributed by atoms with Crippen LogP contribution in [0.4, 0.5) is 4.79 Å². The number of nitrogens with one attached hydrogen (secondary N) is 1. The summed E-state index contributed by atoms with van der Waals surface area (Å²) >= 11 is 1.78. The molecule has 0 radical (unpaired) electrons. The van der Waals surface area contributed by atoms with E-state index in [1.54, 1.807) is 11.3 Å². The van der Waals surface area contributed by atoms with Gasteiger partial charge < -0.3 is 15.0 Å². The number of carbonyl (C=O) groups excluding carboxylic acids is 1. The van der Waals surface area contributed by atoms with Crippen molar-refractivity contribution in [2.24, 2.45) is 5.92 Å². The Morgan fingerprint density at radius 3 is 2.85 bits per heavy atom. The normalized spacial score (nSPS) is 16.6. The first-order chi connectivity index (χ1) is 9.65. The fourth-order valence-electron chi connectivity index (χ4n) is 2.25. The van der Waals surface area contributed by atoms with Crippen molar-refractivity contribution in [2.45, 2.75) is 39.3 Å². The first-order valence-corrected chi connectivity index (χ1v) is 8.20. The van der Waals surface area contributed by atoms with Crippen LogP contribution >= 0.6 is 11.3 Å². The average Bonchev–Trinajstić information content (AvgIpc) is 2.96. The minimum absolute atomic E-state index is 0.157. The fraction of sp³-hybridized carbons (Fsp3) is 0.667. The Labute approximate surface area is 125 Å². The van der Waals surface area contributed by atoms with E-state index in [4.69, 9.17) is 4.74 Å². The second kappa shape index (κ2) is 7.64. The molecule has 1 saturated heterocycles. The number of thiophene rings is 1. The van der Waals surface area contributed by atoms with Crippen molar-refractivity contribution in [2.75, 3.05) is 19.7 Å². The summed E-state index contributed by atoms with van der Waals surface area (Å²) in [5, 5.41) is 5.67. The van der Waals surface area contributed by atoms with Crippen molar-refractivity contribution >= 4 is 17.4 Å². The molecule has 5 heteroatoms. The molecule has 20 heavy (non-hydrogen) atoms. The van der Waals surface area contributed by atoms with Gasteiger partial charge in [0.25, 0.3) is 0 Å². The highest BCUT2D eigenvalue weighted by atomic mass is 32.1. The molecule has 1 aliphatic rings. The molecule has 2 heterocycles. The van der Waals surface area contributed by atoms with Gasteiger partial charge in [0.05, 0.1) is 6.61 Å². The van der Waals surface area contributed by atoms with Crippen molar-refractivity contribution in [1.82, 2.24) is 10.2 Å². The molecule has 0 saturated carbocycles. The molecule has 1 aromatic rings. The Balaban J connectivity index is 1.65. The number of piperidine rings is 1. The summed E-state index contributed by atoms with van der Waals surface area (Å²) in [7, 11) is 0. The molecular formula is C15H24N2O2S. The Morgan fingerprint density at radius 1 is 1.50 bits per heavy atom. The van der Waals surface area contributed by atoms with Crippen molar-refractivity contribution in [3.8, 4) is 0 Å². The van der Waals surface area contributed by atoms with Crippen molar-refractivity contribution in [3.05, 3.63) is 22.4 Å². The predicted octanol–water partition coefficient (Wildman–Crippen LogP) is 3.09. The van der Waals surface area contributed by atoms with Gasteiger partial charge in [-0.2, -0.15) is 0 Å². The number of hydrogen-bond donors (Lipinski definition) is 1. The van der Waals surface area contributed by atoms with Crippen LogP contribution in [0.15, 0.2) is 17.5 Å². The van der Waals surface area contributed by atoms with E-state index in [1.807, 2.05) is 18.7 Å². The van der Waals surface area contributed by atoms with Gasteiger partial charge in [-0.25, -0.2) is 4.79 Å². The van der Waals surface area contributed by atoms with E-state index in [9.17, 15) is 4.79 Å². The fourth-order valence-corrected chi connectivity index (χ4v) is 2.91. The highest BCUT2D eigenvalue weighted by molar-refractivity contribution is 7.09. The van der Waals surface area contributed by atoms with Crippen LogP contribution in [0.5, 0.6) is 0 Å². The molecule has 0 aromatic carbocycles. The molecule has 1 fully saturated rings. The summed E-state index contributed by atoms with van der Waals surface area (Å²) in [6.07, 6.45) is 1.85. The monoisotopic (exact) mass is 296 g/mol. The zero-order valence-corrected chi connectivity index (χ0v) is 13.1. The average molecular weight is 296 g/mol. The summed E-state index contributed by atoms with van der Waals surface area (Å²) in [6.45, 7) is 7.12. The standard InChI is InChI=1S/C15H24N2O2S/c1-12(2)11-19-15(18)17-7-5-13(6-8-17)16-10-14-4-3-9-20-14/h3-4,9,12-13,16H,5-8,10-11H2,1-2H3. The first kappa shape index (κ1) is 15.3. The maximum Gasteiger partial charge on any atom is 0.409 e. The molecule has 0 bridgehead atoms. The van der Waals surface area contributed by atoms with Crippen LogP contribution in [-0.2, 0) is 11.3 Å². The zero-order valence-electron chi connectivity index (χ0n) is 12.3. The first-order valence-electron chi connectivity index (χ1n) is 7.32. The van der Waals surface area contributed by atoms with Crippen LogP contribution in [0.2, 0.25) is 0 Å². The number of carbonyl (C=O) groups is 1. The van der Waals surface area contributed by atoms with E-state index < -0.39 is 0 Å². The third kappa shape index (κ3) is 4.80. The molecule has 112 valence electrons. The Hall–Kier alpha value is -1.07. The quantitative estimate of drug-likeness (QED) is 0.908. The minimum Gasteiger partial charge on any atom is -0.449 e. The number of ether oxygens (including phenoxy) is 1. The molecule has 0 spiro atoms. The Morgan fingerprint density at radius 2 is 2.25 bits per heavy atom. The summed E-state index contributed by atoms with van der Waals surface area (Å²) < 4.78 is 5.27. The molecule has 0 aliphatic carbocycles. The van der Waals surface area contributed by atoms with Crippen molar-refractivity contribution in [1.29, 1.82) is 0 Å². The van der Waals surface area contributed by atoms with Gasteiger partial charge in [0.2, 0.25) is 0 Å². The third-order valence-corrected chi connectivity index (χ3v) is 4.31. The largest absolute Gasteiger partial charge is 0.449 e. The topological polar surface area (TPSA) is 41.6 Å². The highest BCUT2D eigenvalue weighted by Gasteiger charge is 2.23. The summed E-state index contributed by atoms with van der Waals surface area (Å²) in [5.74, 6) is 0.393. The number of rotatable bonds is 5. The number of amides is 1. The number of nitrogens with zero attached hydrogens (tertiary/aromatic N) is 1. The predicted molar refractivity (Wildman–Crippen MR) is 81.9 cm³/mol. The number of likely N-dealkylation sites (tertiary alicyclic amines) is 1. The van der Waals surface area contributed by atoms with Crippen LogP contribution in [0, 0.1) is 5.92 Å². The molecule has 1 amide bonds. The van der Waals surface area contributed by atoms with Gasteiger partial charge in [0, 0.05) is 30.6 Å². The van der Waals surface area contributed by atoms with Crippen LogP contribution in [0.3, 0.4) is 0 Å². The van der Waals surface area contributed by atoms with E-state index in [1.165, 1.54) is 4.88 Å². The van der Waals surface area contributed by atoms with Gasteiger partial charge >= 0.3 is 6.09 Å². The van der Waals surface area contributed by atoms with Crippen LogP contribution < -0.4 is 5.32 Å². The molecule has 1 aliphatic heterocycles. The zero-order chi connectivity index (χ0) is 14.4. The van der Waals surface area contributed by atoms with Gasteiger partial charge in [0.1, 0.15) is 0 Å². The maximum absolute atomic E-state index is 11.8. The minimum atomic E-state index is -0.157. The van der Waals surface area contributed by atoms with E-state index >= 15 is 0 Å². The molecule has 1 N–H and O–H groups in total. The highest BCUT2D eigenvalue weighted by Crippen LogP contribution is 2.14. The van der Waals surface area contributed by atoms with E-state index in [-0.39, 0.29) is 6.09 Å². The van der Waals surface area contributed by atoms with Gasteiger partial charge in [-0.3, -0.25) is 0 Å². The molecule has 2 rings (SSSR count). The maximum atomic E-state index is 11.8. The van der Waals surface area contributed by atoms with Crippen LogP contribution in [0.1, 0.15) is 31.6 Å². The van der Waals surface area contributed by atoms with Crippen LogP contribution in [0.25, 0.3) is 0 Å².